The smallest absolute Gasteiger partial charge is 0.269 e. The lowest BCUT2D eigenvalue weighted by molar-refractivity contribution is -0.384. The quantitative estimate of drug-likeness (QED) is 0.455. The second kappa shape index (κ2) is 8.34. The minimum absolute atomic E-state index is 0.0503. The van der Waals surface area contributed by atoms with Crippen molar-refractivity contribution in [1.29, 1.82) is 0 Å². The number of ether oxygens (including phenoxy) is 2. The first-order valence-corrected chi connectivity index (χ1v) is 8.80. The van der Waals surface area contributed by atoms with E-state index in [9.17, 15) is 14.9 Å². The molecule has 1 heterocycles. The van der Waals surface area contributed by atoms with Gasteiger partial charge in [0.25, 0.3) is 5.69 Å². The Morgan fingerprint density at radius 1 is 1.23 bits per heavy atom. The van der Waals surface area contributed by atoms with E-state index in [1.165, 1.54) is 30.1 Å². The normalized spacial score (nSPS) is 12.3. The number of thioether (sulfide) groups is 1. The predicted molar refractivity (Wildman–Crippen MR) is 97.6 cm³/mol. The SMILES string of the molecule is O=C(CSCc1ccc([N+](=O)[O-])cc1)NN=Cc1ccc2c(c1)OCO2. The zero-order valence-corrected chi connectivity index (χ0v) is 14.4. The Morgan fingerprint density at radius 2 is 2.00 bits per heavy atom. The molecule has 0 spiro atoms. The van der Waals surface area contributed by atoms with Gasteiger partial charge in [0.1, 0.15) is 0 Å². The summed E-state index contributed by atoms with van der Waals surface area (Å²) in [5.41, 5.74) is 4.21. The molecule has 2 aromatic carbocycles. The Hall–Kier alpha value is -3.07. The molecule has 0 aromatic heterocycles. The Labute approximate surface area is 153 Å². The van der Waals surface area contributed by atoms with E-state index in [1.807, 2.05) is 6.07 Å². The van der Waals surface area contributed by atoms with Gasteiger partial charge in [0.05, 0.1) is 16.9 Å². The number of rotatable bonds is 7. The highest BCUT2D eigenvalue weighted by Crippen LogP contribution is 2.31. The molecule has 0 saturated carbocycles. The molecular weight excluding hydrogens is 358 g/mol. The molecule has 3 rings (SSSR count). The molecule has 0 atom stereocenters. The number of carbonyl (C=O) groups excluding carboxylic acids is 1. The van der Waals surface area contributed by atoms with Gasteiger partial charge in [-0.15, -0.1) is 11.8 Å². The molecule has 134 valence electrons. The average Bonchev–Trinajstić information content (AvgIpc) is 3.10. The van der Waals surface area contributed by atoms with Crippen LogP contribution in [-0.2, 0) is 10.5 Å². The van der Waals surface area contributed by atoms with E-state index >= 15 is 0 Å². The van der Waals surface area contributed by atoms with Crippen molar-refractivity contribution >= 4 is 29.6 Å². The first-order chi connectivity index (χ1) is 12.6. The van der Waals surface area contributed by atoms with E-state index in [0.717, 1.165) is 11.1 Å². The Balaban J connectivity index is 1.40. The topological polar surface area (TPSA) is 103 Å². The maximum absolute atomic E-state index is 11.8. The van der Waals surface area contributed by atoms with Crippen LogP contribution in [0.25, 0.3) is 0 Å². The van der Waals surface area contributed by atoms with Crippen LogP contribution in [0.4, 0.5) is 5.69 Å². The van der Waals surface area contributed by atoms with Crippen LogP contribution in [-0.4, -0.2) is 29.6 Å². The van der Waals surface area contributed by atoms with Crippen LogP contribution < -0.4 is 14.9 Å². The van der Waals surface area contributed by atoms with Crippen molar-refractivity contribution in [2.45, 2.75) is 5.75 Å². The van der Waals surface area contributed by atoms with Gasteiger partial charge < -0.3 is 9.47 Å². The largest absolute Gasteiger partial charge is 0.454 e. The van der Waals surface area contributed by atoms with Crippen molar-refractivity contribution in [3.63, 3.8) is 0 Å². The Kier molecular flexibility index (Phi) is 5.69. The van der Waals surface area contributed by atoms with Crippen molar-refractivity contribution < 1.29 is 19.2 Å². The minimum Gasteiger partial charge on any atom is -0.454 e. The van der Waals surface area contributed by atoms with Gasteiger partial charge in [-0.25, -0.2) is 5.43 Å². The van der Waals surface area contributed by atoms with E-state index < -0.39 is 4.92 Å². The molecule has 9 heteroatoms. The van der Waals surface area contributed by atoms with Crippen LogP contribution in [0, 0.1) is 10.1 Å². The lowest BCUT2D eigenvalue weighted by Gasteiger charge is -2.02. The number of non-ortho nitro benzene ring substituents is 1. The second-order valence-electron chi connectivity index (χ2n) is 5.32. The molecule has 2 aromatic rings. The van der Waals surface area contributed by atoms with Gasteiger partial charge in [0, 0.05) is 17.9 Å². The first kappa shape index (κ1) is 17.7. The monoisotopic (exact) mass is 373 g/mol. The van der Waals surface area contributed by atoms with E-state index in [-0.39, 0.29) is 24.1 Å². The molecule has 1 N–H and O–H groups in total. The van der Waals surface area contributed by atoms with E-state index in [4.69, 9.17) is 9.47 Å². The highest BCUT2D eigenvalue weighted by molar-refractivity contribution is 7.99. The summed E-state index contributed by atoms with van der Waals surface area (Å²) in [5, 5.41) is 14.5. The molecule has 0 unspecified atom stereocenters. The van der Waals surface area contributed by atoms with Crippen LogP contribution in [0.15, 0.2) is 47.6 Å². The van der Waals surface area contributed by atoms with Crippen molar-refractivity contribution in [2.24, 2.45) is 5.10 Å². The molecule has 1 amide bonds. The summed E-state index contributed by atoms with van der Waals surface area (Å²) in [6.07, 6.45) is 1.53. The molecule has 0 aliphatic carbocycles. The van der Waals surface area contributed by atoms with Crippen molar-refractivity contribution in [2.75, 3.05) is 12.5 Å². The van der Waals surface area contributed by atoms with Crippen molar-refractivity contribution in [3.05, 3.63) is 63.7 Å². The molecule has 0 radical (unpaired) electrons. The molecule has 0 bridgehead atoms. The number of nitrogens with zero attached hydrogens (tertiary/aromatic N) is 2. The van der Waals surface area contributed by atoms with Gasteiger partial charge in [0.2, 0.25) is 12.7 Å². The second-order valence-corrected chi connectivity index (χ2v) is 6.31. The van der Waals surface area contributed by atoms with Gasteiger partial charge in [0.15, 0.2) is 11.5 Å². The van der Waals surface area contributed by atoms with Gasteiger partial charge in [-0.2, -0.15) is 5.10 Å². The number of carbonyl (C=O) groups is 1. The summed E-state index contributed by atoms with van der Waals surface area (Å²) in [5.74, 6) is 1.92. The number of hydrogen-bond donors (Lipinski definition) is 1. The van der Waals surface area contributed by atoms with Gasteiger partial charge in [-0.05, 0) is 29.3 Å². The molecular formula is C17H15N3O5S. The number of benzene rings is 2. The summed E-state index contributed by atoms with van der Waals surface area (Å²) in [7, 11) is 0. The lowest BCUT2D eigenvalue weighted by atomic mass is 10.2. The summed E-state index contributed by atoms with van der Waals surface area (Å²) in [6.45, 7) is 0.207. The maximum atomic E-state index is 11.8. The Morgan fingerprint density at radius 3 is 2.77 bits per heavy atom. The standard InChI is InChI=1S/C17H15N3O5S/c21-17(10-26-9-12-1-4-14(5-2-12)20(22)23)19-18-8-13-3-6-15-16(7-13)25-11-24-15/h1-8H,9-11H2,(H,19,21). The number of hydrogen-bond acceptors (Lipinski definition) is 7. The van der Waals surface area contributed by atoms with E-state index in [2.05, 4.69) is 10.5 Å². The Bertz CT molecular complexity index is 839. The minimum atomic E-state index is -0.442. The van der Waals surface area contributed by atoms with Crippen LogP contribution >= 0.6 is 11.8 Å². The van der Waals surface area contributed by atoms with Crippen LogP contribution in [0.5, 0.6) is 11.5 Å². The summed E-state index contributed by atoms with van der Waals surface area (Å²) < 4.78 is 10.5. The lowest BCUT2D eigenvalue weighted by Crippen LogP contribution is -2.19. The maximum Gasteiger partial charge on any atom is 0.269 e. The number of amides is 1. The van der Waals surface area contributed by atoms with Crippen LogP contribution in [0.2, 0.25) is 0 Å². The summed E-state index contributed by atoms with van der Waals surface area (Å²) >= 11 is 1.40. The third-order valence-electron chi connectivity index (χ3n) is 3.45. The molecule has 1 aliphatic rings. The zero-order chi connectivity index (χ0) is 18.4. The number of nitrogens with one attached hydrogen (secondary N) is 1. The summed E-state index contributed by atoms with van der Waals surface area (Å²) in [6, 6.07) is 11.6. The third-order valence-corrected chi connectivity index (χ3v) is 4.45. The molecule has 26 heavy (non-hydrogen) atoms. The molecule has 8 nitrogen and oxygen atoms in total. The zero-order valence-electron chi connectivity index (χ0n) is 13.6. The fourth-order valence-corrected chi connectivity index (χ4v) is 2.96. The van der Waals surface area contributed by atoms with Gasteiger partial charge >= 0.3 is 0 Å². The van der Waals surface area contributed by atoms with Crippen molar-refractivity contribution in [3.8, 4) is 11.5 Å². The number of nitro groups is 1. The van der Waals surface area contributed by atoms with Crippen molar-refractivity contribution in [1.82, 2.24) is 5.43 Å². The number of nitro benzene ring substituents is 1. The average molecular weight is 373 g/mol. The predicted octanol–water partition coefficient (Wildman–Crippen LogP) is 2.71. The molecule has 0 fully saturated rings. The van der Waals surface area contributed by atoms with Crippen LogP contribution in [0.3, 0.4) is 0 Å². The first-order valence-electron chi connectivity index (χ1n) is 7.64. The molecule has 1 aliphatic heterocycles. The number of hydrazone groups is 1. The summed E-state index contributed by atoms with van der Waals surface area (Å²) in [4.78, 5) is 21.9. The fourth-order valence-electron chi connectivity index (χ4n) is 2.18. The van der Waals surface area contributed by atoms with Crippen LogP contribution in [0.1, 0.15) is 11.1 Å². The third kappa shape index (κ3) is 4.73. The fraction of sp³-hybridized carbons (Fsp3) is 0.176. The van der Waals surface area contributed by atoms with Gasteiger partial charge in [-0.3, -0.25) is 14.9 Å². The van der Waals surface area contributed by atoms with E-state index in [1.54, 1.807) is 24.3 Å². The number of fused-ring (bicyclic) bond motifs is 1. The highest BCUT2D eigenvalue weighted by Gasteiger charge is 2.12. The highest BCUT2D eigenvalue weighted by atomic mass is 32.2. The molecule has 0 saturated heterocycles. The van der Waals surface area contributed by atoms with E-state index in [0.29, 0.717) is 17.3 Å². The van der Waals surface area contributed by atoms with Gasteiger partial charge in [-0.1, -0.05) is 12.1 Å².